The highest BCUT2D eigenvalue weighted by atomic mass is 32.2. The molecule has 41 heavy (non-hydrogen) atoms. The Morgan fingerprint density at radius 2 is 1.78 bits per heavy atom. The fourth-order valence-corrected chi connectivity index (χ4v) is 4.98. The fraction of sp³-hybridized carbons (Fsp3) is 0.233. The standard InChI is InChI=1S/C30H29N3O7S/c1-4-39-26-15-21(11-14-25(26)40-18-28(34)31-24-8-6-5-7-23(24)19(2)3)16-27-29(35)32(30(36)41-27)17-20-9-12-22(13-10-20)33(37)38/h5-16,19H,4,17-18H2,1-3H3,(H,31,34)/b27-16+. The molecule has 1 saturated heterocycles. The van der Waals surface area contributed by atoms with Gasteiger partial charge in [0.05, 0.1) is 23.0 Å². The number of non-ortho nitro benzene ring substituents is 1. The lowest BCUT2D eigenvalue weighted by atomic mass is 10.0. The Bertz CT molecular complexity index is 1500. The Hall–Kier alpha value is -4.64. The summed E-state index contributed by atoms with van der Waals surface area (Å²) in [7, 11) is 0. The van der Waals surface area contributed by atoms with Gasteiger partial charge in [0.1, 0.15) is 0 Å². The lowest BCUT2D eigenvalue weighted by molar-refractivity contribution is -0.384. The van der Waals surface area contributed by atoms with Crippen LogP contribution < -0.4 is 14.8 Å². The number of thioether (sulfide) groups is 1. The number of imide groups is 1. The zero-order chi connectivity index (χ0) is 29.5. The number of nitro benzene ring substituents is 1. The van der Waals surface area contributed by atoms with Gasteiger partial charge in [-0.3, -0.25) is 29.4 Å². The average Bonchev–Trinajstić information content (AvgIpc) is 3.20. The summed E-state index contributed by atoms with van der Waals surface area (Å²) in [6.07, 6.45) is 1.59. The zero-order valence-corrected chi connectivity index (χ0v) is 23.6. The number of carbonyl (C=O) groups excluding carboxylic acids is 3. The van der Waals surface area contributed by atoms with E-state index in [1.807, 2.05) is 31.2 Å². The van der Waals surface area contributed by atoms with Gasteiger partial charge in [0.15, 0.2) is 18.1 Å². The van der Waals surface area contributed by atoms with Crippen LogP contribution in [0.3, 0.4) is 0 Å². The van der Waals surface area contributed by atoms with Gasteiger partial charge in [-0.2, -0.15) is 0 Å². The van der Waals surface area contributed by atoms with Crippen LogP contribution in [0.1, 0.15) is 43.4 Å². The van der Waals surface area contributed by atoms with E-state index in [1.165, 1.54) is 24.3 Å². The number of ether oxygens (including phenoxy) is 2. The molecule has 212 valence electrons. The van der Waals surface area contributed by atoms with Crippen molar-refractivity contribution in [2.75, 3.05) is 18.5 Å². The third-order valence-corrected chi connectivity index (χ3v) is 7.05. The second-order valence-corrected chi connectivity index (χ2v) is 10.4. The van der Waals surface area contributed by atoms with Gasteiger partial charge in [-0.1, -0.05) is 50.2 Å². The van der Waals surface area contributed by atoms with Gasteiger partial charge in [-0.15, -0.1) is 0 Å². The predicted octanol–water partition coefficient (Wildman–Crippen LogP) is 6.37. The van der Waals surface area contributed by atoms with Crippen molar-refractivity contribution in [3.05, 3.63) is 98.4 Å². The summed E-state index contributed by atoms with van der Waals surface area (Å²) < 4.78 is 11.5. The second kappa shape index (κ2) is 13.1. The summed E-state index contributed by atoms with van der Waals surface area (Å²) in [5.41, 5.74) is 2.89. The first-order valence-corrected chi connectivity index (χ1v) is 13.7. The Balaban J connectivity index is 1.44. The van der Waals surface area contributed by atoms with E-state index in [2.05, 4.69) is 19.2 Å². The van der Waals surface area contributed by atoms with Gasteiger partial charge < -0.3 is 14.8 Å². The van der Waals surface area contributed by atoms with Crippen molar-refractivity contribution >= 4 is 46.3 Å². The Morgan fingerprint density at radius 1 is 1.05 bits per heavy atom. The number of amides is 3. The molecule has 1 aliphatic rings. The number of para-hydroxylation sites is 1. The molecule has 11 heteroatoms. The first-order chi connectivity index (χ1) is 19.7. The van der Waals surface area contributed by atoms with Gasteiger partial charge in [0, 0.05) is 17.8 Å². The number of nitro groups is 1. The third kappa shape index (κ3) is 7.31. The minimum Gasteiger partial charge on any atom is -0.490 e. The maximum Gasteiger partial charge on any atom is 0.293 e. The van der Waals surface area contributed by atoms with E-state index in [1.54, 1.807) is 24.3 Å². The summed E-state index contributed by atoms with van der Waals surface area (Å²) in [5, 5.41) is 13.3. The molecule has 4 rings (SSSR count). The van der Waals surface area contributed by atoms with Crippen molar-refractivity contribution in [2.24, 2.45) is 0 Å². The van der Waals surface area contributed by atoms with Gasteiger partial charge in [-0.05, 0) is 65.6 Å². The summed E-state index contributed by atoms with van der Waals surface area (Å²) in [5.74, 6) is 0.221. The van der Waals surface area contributed by atoms with Crippen LogP contribution in [0.4, 0.5) is 16.2 Å². The molecule has 0 aliphatic carbocycles. The highest BCUT2D eigenvalue weighted by molar-refractivity contribution is 8.18. The minimum atomic E-state index is -0.513. The highest BCUT2D eigenvalue weighted by Crippen LogP contribution is 2.35. The molecule has 0 atom stereocenters. The third-order valence-electron chi connectivity index (χ3n) is 6.14. The molecule has 0 saturated carbocycles. The van der Waals surface area contributed by atoms with E-state index in [0.29, 0.717) is 29.2 Å². The van der Waals surface area contributed by atoms with E-state index in [9.17, 15) is 24.5 Å². The highest BCUT2D eigenvalue weighted by Gasteiger charge is 2.35. The quantitative estimate of drug-likeness (QED) is 0.159. The van der Waals surface area contributed by atoms with Crippen LogP contribution in [0, 0.1) is 10.1 Å². The SMILES string of the molecule is CCOc1cc(/C=C2/SC(=O)N(Cc3ccc([N+](=O)[O-])cc3)C2=O)ccc1OCC(=O)Nc1ccccc1C(C)C. The number of rotatable bonds is 11. The topological polar surface area (TPSA) is 128 Å². The molecule has 10 nitrogen and oxygen atoms in total. The number of carbonyl (C=O) groups is 3. The lowest BCUT2D eigenvalue weighted by Crippen LogP contribution is -2.27. The number of nitrogens with one attached hydrogen (secondary N) is 1. The fourth-order valence-electron chi connectivity index (χ4n) is 4.14. The number of nitrogens with zero attached hydrogens (tertiary/aromatic N) is 2. The molecule has 0 spiro atoms. The Kier molecular flexibility index (Phi) is 9.41. The van der Waals surface area contributed by atoms with Gasteiger partial charge in [0.2, 0.25) is 0 Å². The minimum absolute atomic E-state index is 0.000676. The van der Waals surface area contributed by atoms with Crippen molar-refractivity contribution in [1.29, 1.82) is 0 Å². The van der Waals surface area contributed by atoms with Crippen LogP contribution in [-0.4, -0.2) is 40.1 Å². The van der Waals surface area contributed by atoms with Crippen molar-refractivity contribution in [3.8, 4) is 11.5 Å². The Labute approximate surface area is 241 Å². The molecule has 1 heterocycles. The molecule has 0 bridgehead atoms. The van der Waals surface area contributed by atoms with Crippen LogP contribution in [0.15, 0.2) is 71.6 Å². The van der Waals surface area contributed by atoms with Crippen LogP contribution in [0.25, 0.3) is 6.08 Å². The first kappa shape index (κ1) is 29.3. The zero-order valence-electron chi connectivity index (χ0n) is 22.8. The van der Waals surface area contributed by atoms with E-state index in [0.717, 1.165) is 27.9 Å². The number of benzene rings is 3. The first-order valence-electron chi connectivity index (χ1n) is 12.9. The second-order valence-electron chi connectivity index (χ2n) is 9.41. The summed E-state index contributed by atoms with van der Waals surface area (Å²) in [6, 6.07) is 18.3. The molecule has 3 aromatic rings. The van der Waals surface area contributed by atoms with Crippen LogP contribution in [0.2, 0.25) is 0 Å². The number of hydrogen-bond acceptors (Lipinski definition) is 8. The predicted molar refractivity (Wildman–Crippen MR) is 157 cm³/mol. The van der Waals surface area contributed by atoms with Crippen LogP contribution >= 0.6 is 11.8 Å². The molecule has 3 aromatic carbocycles. The maximum atomic E-state index is 13.0. The largest absolute Gasteiger partial charge is 0.490 e. The number of anilines is 1. The van der Waals surface area contributed by atoms with E-state index < -0.39 is 16.1 Å². The van der Waals surface area contributed by atoms with E-state index >= 15 is 0 Å². The molecule has 0 aromatic heterocycles. The Morgan fingerprint density at radius 3 is 2.46 bits per heavy atom. The van der Waals surface area contributed by atoms with E-state index in [4.69, 9.17) is 9.47 Å². The van der Waals surface area contributed by atoms with Gasteiger partial charge >= 0.3 is 0 Å². The molecule has 3 amide bonds. The van der Waals surface area contributed by atoms with Crippen molar-refractivity contribution in [3.63, 3.8) is 0 Å². The van der Waals surface area contributed by atoms with E-state index in [-0.39, 0.29) is 35.6 Å². The smallest absolute Gasteiger partial charge is 0.293 e. The van der Waals surface area contributed by atoms with Crippen LogP contribution in [0.5, 0.6) is 11.5 Å². The average molecular weight is 576 g/mol. The molecule has 1 fully saturated rings. The molecular weight excluding hydrogens is 546 g/mol. The van der Waals surface area contributed by atoms with Gasteiger partial charge in [0.25, 0.3) is 22.7 Å². The molecule has 0 radical (unpaired) electrons. The lowest BCUT2D eigenvalue weighted by Gasteiger charge is -2.15. The maximum absolute atomic E-state index is 13.0. The van der Waals surface area contributed by atoms with Crippen molar-refractivity contribution in [1.82, 2.24) is 4.90 Å². The summed E-state index contributed by atoms with van der Waals surface area (Å²) in [6.45, 7) is 6.04. The molecule has 1 aliphatic heterocycles. The van der Waals surface area contributed by atoms with Crippen LogP contribution in [-0.2, 0) is 16.1 Å². The monoisotopic (exact) mass is 575 g/mol. The molecular formula is C30H29N3O7S. The normalized spacial score (nSPS) is 14.0. The van der Waals surface area contributed by atoms with Gasteiger partial charge in [-0.25, -0.2) is 0 Å². The summed E-state index contributed by atoms with van der Waals surface area (Å²) in [4.78, 5) is 49.8. The van der Waals surface area contributed by atoms with Crippen molar-refractivity contribution < 1.29 is 28.8 Å². The molecule has 1 N–H and O–H groups in total. The summed E-state index contributed by atoms with van der Waals surface area (Å²) >= 11 is 0.811. The van der Waals surface area contributed by atoms with Crippen molar-refractivity contribution in [2.45, 2.75) is 33.2 Å². The number of hydrogen-bond donors (Lipinski definition) is 1. The molecule has 0 unspecified atom stereocenters.